The molecule has 0 bridgehead atoms. The van der Waals surface area contributed by atoms with Gasteiger partial charge in [-0.1, -0.05) is 23.2 Å². The molecule has 2 saturated heterocycles. The number of hydrogen-bond acceptors (Lipinski definition) is 3. The van der Waals surface area contributed by atoms with Gasteiger partial charge in [-0.2, -0.15) is 0 Å². The summed E-state index contributed by atoms with van der Waals surface area (Å²) in [5.41, 5.74) is 1.18. The molecular formula is C16H22Cl2N2O. The summed E-state index contributed by atoms with van der Waals surface area (Å²) < 4.78 is 5.43. The number of benzene rings is 1. The lowest BCUT2D eigenvalue weighted by Crippen LogP contribution is -2.48. The maximum atomic E-state index is 6.11. The highest BCUT2D eigenvalue weighted by Gasteiger charge is 2.22. The second-order valence-electron chi connectivity index (χ2n) is 5.94. The van der Waals surface area contributed by atoms with Crippen LogP contribution in [0.4, 0.5) is 5.69 Å². The minimum Gasteiger partial charge on any atom is -0.381 e. The Morgan fingerprint density at radius 1 is 1.00 bits per heavy atom. The average molecular weight is 329 g/mol. The molecule has 0 radical (unpaired) electrons. The minimum absolute atomic E-state index is 0.624. The maximum absolute atomic E-state index is 6.11. The van der Waals surface area contributed by atoms with Gasteiger partial charge in [0, 0.05) is 51.6 Å². The first kappa shape index (κ1) is 15.4. The SMILES string of the molecule is Clc1ccc(N2CCN(CC3CCOCC3)CC2)cc1Cl. The Kier molecular flexibility index (Phi) is 5.28. The van der Waals surface area contributed by atoms with Crippen molar-refractivity contribution in [1.29, 1.82) is 0 Å². The molecular weight excluding hydrogens is 307 g/mol. The highest BCUT2D eigenvalue weighted by atomic mass is 35.5. The molecule has 3 rings (SSSR count). The summed E-state index contributed by atoms with van der Waals surface area (Å²) in [6.45, 7) is 7.46. The number of nitrogens with zero attached hydrogens (tertiary/aromatic N) is 2. The molecule has 0 amide bonds. The van der Waals surface area contributed by atoms with E-state index in [9.17, 15) is 0 Å². The van der Waals surface area contributed by atoms with Gasteiger partial charge in [0.2, 0.25) is 0 Å². The van der Waals surface area contributed by atoms with Crippen LogP contribution in [0.5, 0.6) is 0 Å². The van der Waals surface area contributed by atoms with E-state index in [4.69, 9.17) is 27.9 Å². The Labute approximate surface area is 136 Å². The molecule has 3 nitrogen and oxygen atoms in total. The first-order chi connectivity index (χ1) is 10.2. The molecule has 1 aromatic carbocycles. The fraction of sp³-hybridized carbons (Fsp3) is 0.625. The first-order valence-electron chi connectivity index (χ1n) is 7.72. The van der Waals surface area contributed by atoms with Gasteiger partial charge in [-0.15, -0.1) is 0 Å². The van der Waals surface area contributed by atoms with Crippen molar-refractivity contribution in [2.24, 2.45) is 5.92 Å². The number of ether oxygens (including phenoxy) is 1. The zero-order valence-corrected chi connectivity index (χ0v) is 13.7. The van der Waals surface area contributed by atoms with Gasteiger partial charge in [0.15, 0.2) is 0 Å². The lowest BCUT2D eigenvalue weighted by molar-refractivity contribution is 0.0517. The van der Waals surface area contributed by atoms with E-state index in [2.05, 4.69) is 15.9 Å². The Morgan fingerprint density at radius 2 is 1.71 bits per heavy atom. The van der Waals surface area contributed by atoms with E-state index in [0.29, 0.717) is 10.0 Å². The monoisotopic (exact) mass is 328 g/mol. The molecule has 0 spiro atoms. The molecule has 2 aliphatic heterocycles. The van der Waals surface area contributed by atoms with Crippen molar-refractivity contribution in [3.63, 3.8) is 0 Å². The summed E-state index contributed by atoms with van der Waals surface area (Å²) in [7, 11) is 0. The van der Waals surface area contributed by atoms with Crippen LogP contribution in [0.3, 0.4) is 0 Å². The molecule has 2 aliphatic rings. The van der Waals surface area contributed by atoms with Crippen LogP contribution in [0.15, 0.2) is 18.2 Å². The Balaban J connectivity index is 1.51. The zero-order valence-electron chi connectivity index (χ0n) is 12.2. The fourth-order valence-corrected chi connectivity index (χ4v) is 3.46. The van der Waals surface area contributed by atoms with E-state index >= 15 is 0 Å². The van der Waals surface area contributed by atoms with Crippen LogP contribution in [-0.4, -0.2) is 50.8 Å². The highest BCUT2D eigenvalue weighted by Crippen LogP contribution is 2.28. The van der Waals surface area contributed by atoms with E-state index < -0.39 is 0 Å². The molecule has 2 fully saturated rings. The van der Waals surface area contributed by atoms with Crippen LogP contribution in [0, 0.1) is 5.92 Å². The smallest absolute Gasteiger partial charge is 0.0612 e. The minimum atomic E-state index is 0.624. The molecule has 0 unspecified atom stereocenters. The van der Waals surface area contributed by atoms with E-state index in [0.717, 1.165) is 45.3 Å². The van der Waals surface area contributed by atoms with Crippen molar-refractivity contribution in [3.8, 4) is 0 Å². The quantitative estimate of drug-likeness (QED) is 0.844. The van der Waals surface area contributed by atoms with Gasteiger partial charge in [0.1, 0.15) is 0 Å². The van der Waals surface area contributed by atoms with Crippen LogP contribution >= 0.6 is 23.2 Å². The lowest BCUT2D eigenvalue weighted by atomic mass is 9.99. The Morgan fingerprint density at radius 3 is 2.38 bits per heavy atom. The zero-order chi connectivity index (χ0) is 14.7. The molecule has 2 heterocycles. The second kappa shape index (κ2) is 7.19. The van der Waals surface area contributed by atoms with Crippen LogP contribution in [0.2, 0.25) is 10.0 Å². The van der Waals surface area contributed by atoms with Gasteiger partial charge in [-0.25, -0.2) is 0 Å². The van der Waals surface area contributed by atoms with Crippen LogP contribution in [0.25, 0.3) is 0 Å². The third-order valence-corrected chi connectivity index (χ3v) is 5.24. The summed E-state index contributed by atoms with van der Waals surface area (Å²) >= 11 is 12.1. The molecule has 0 atom stereocenters. The van der Waals surface area contributed by atoms with Crippen molar-refractivity contribution in [2.45, 2.75) is 12.8 Å². The Hall–Kier alpha value is -0.480. The van der Waals surface area contributed by atoms with Gasteiger partial charge in [0.25, 0.3) is 0 Å². The van der Waals surface area contributed by atoms with Gasteiger partial charge in [-0.3, -0.25) is 4.90 Å². The van der Waals surface area contributed by atoms with Gasteiger partial charge in [0.05, 0.1) is 10.0 Å². The summed E-state index contributed by atoms with van der Waals surface area (Å²) in [5.74, 6) is 0.815. The van der Waals surface area contributed by atoms with Crippen LogP contribution in [-0.2, 0) is 4.74 Å². The third kappa shape index (κ3) is 4.04. The predicted molar refractivity (Wildman–Crippen MR) is 88.7 cm³/mol. The summed E-state index contributed by atoms with van der Waals surface area (Å²) in [6, 6.07) is 5.91. The molecule has 0 aliphatic carbocycles. The molecule has 0 saturated carbocycles. The Bertz CT molecular complexity index is 469. The maximum Gasteiger partial charge on any atom is 0.0612 e. The van der Waals surface area contributed by atoms with Gasteiger partial charge in [-0.05, 0) is 37.0 Å². The van der Waals surface area contributed by atoms with Crippen molar-refractivity contribution in [1.82, 2.24) is 4.90 Å². The number of rotatable bonds is 3. The van der Waals surface area contributed by atoms with Crippen molar-refractivity contribution in [2.75, 3.05) is 50.8 Å². The van der Waals surface area contributed by atoms with Gasteiger partial charge < -0.3 is 9.64 Å². The molecule has 1 aromatic rings. The van der Waals surface area contributed by atoms with E-state index in [1.807, 2.05) is 12.1 Å². The third-order valence-electron chi connectivity index (χ3n) is 4.50. The van der Waals surface area contributed by atoms with Crippen molar-refractivity contribution >= 4 is 28.9 Å². The molecule has 5 heteroatoms. The summed E-state index contributed by atoms with van der Waals surface area (Å²) in [4.78, 5) is 4.98. The van der Waals surface area contributed by atoms with E-state index in [1.165, 1.54) is 25.1 Å². The number of anilines is 1. The fourth-order valence-electron chi connectivity index (χ4n) is 3.16. The number of hydrogen-bond donors (Lipinski definition) is 0. The van der Waals surface area contributed by atoms with Crippen LogP contribution in [0.1, 0.15) is 12.8 Å². The topological polar surface area (TPSA) is 15.7 Å². The van der Waals surface area contributed by atoms with E-state index in [1.54, 1.807) is 0 Å². The van der Waals surface area contributed by atoms with Crippen molar-refractivity contribution < 1.29 is 4.74 Å². The molecule has 0 N–H and O–H groups in total. The largest absolute Gasteiger partial charge is 0.381 e. The molecule has 21 heavy (non-hydrogen) atoms. The predicted octanol–water partition coefficient (Wildman–Crippen LogP) is 3.54. The first-order valence-corrected chi connectivity index (χ1v) is 8.48. The number of piperazine rings is 1. The summed E-state index contributed by atoms with van der Waals surface area (Å²) in [5, 5.41) is 1.26. The van der Waals surface area contributed by atoms with Gasteiger partial charge >= 0.3 is 0 Å². The normalized spacial score (nSPS) is 21.7. The van der Waals surface area contributed by atoms with E-state index in [-0.39, 0.29) is 0 Å². The number of halogens is 2. The second-order valence-corrected chi connectivity index (χ2v) is 6.76. The van der Waals surface area contributed by atoms with Crippen molar-refractivity contribution in [3.05, 3.63) is 28.2 Å². The van der Waals surface area contributed by atoms with Crippen LogP contribution < -0.4 is 4.90 Å². The average Bonchev–Trinajstić information content (AvgIpc) is 2.52. The molecule has 0 aromatic heterocycles. The standard InChI is InChI=1S/C16H22Cl2N2O/c17-15-2-1-14(11-16(15)18)20-7-5-19(6-8-20)12-13-3-9-21-10-4-13/h1-2,11,13H,3-10,12H2. The molecule has 116 valence electrons. The highest BCUT2D eigenvalue weighted by molar-refractivity contribution is 6.42. The summed E-state index contributed by atoms with van der Waals surface area (Å²) in [6.07, 6.45) is 2.43. The lowest BCUT2D eigenvalue weighted by Gasteiger charge is -2.38.